The van der Waals surface area contributed by atoms with E-state index in [2.05, 4.69) is 11.8 Å². The summed E-state index contributed by atoms with van der Waals surface area (Å²) in [4.78, 5) is 14.5. The Labute approximate surface area is 172 Å². The molecule has 0 spiro atoms. The highest BCUT2D eigenvalue weighted by atomic mass is 19.1. The molecule has 3 rings (SSSR count). The Bertz CT molecular complexity index is 835. The lowest BCUT2D eigenvalue weighted by Gasteiger charge is -2.31. The second-order valence-corrected chi connectivity index (χ2v) is 7.89. The second kappa shape index (κ2) is 9.51. The Kier molecular flexibility index (Phi) is 7.04. The maximum absolute atomic E-state index is 13.5. The number of rotatable bonds is 9. The zero-order valence-electron chi connectivity index (χ0n) is 17.5. The minimum Gasteiger partial charge on any atom is -0.462 e. The van der Waals surface area contributed by atoms with Crippen LogP contribution in [0.25, 0.3) is 0 Å². The number of carbonyl (C=O) groups is 1. The van der Waals surface area contributed by atoms with Crippen molar-refractivity contribution in [3.8, 4) is 0 Å². The Hall–Kier alpha value is -2.24. The number of fused-ring (bicyclic) bond motifs is 1. The van der Waals surface area contributed by atoms with Crippen LogP contribution in [0.1, 0.15) is 59.7 Å². The maximum Gasteiger partial charge on any atom is 0.338 e. The minimum absolute atomic E-state index is 0.263. The number of ether oxygens (including phenoxy) is 2. The topological polar surface area (TPSA) is 38.8 Å². The first-order valence-electron chi connectivity index (χ1n) is 10.3. The number of unbranched alkanes of at least 4 members (excludes halogenated alkanes) is 1. The third-order valence-electron chi connectivity index (χ3n) is 5.43. The van der Waals surface area contributed by atoms with Crippen molar-refractivity contribution in [3.63, 3.8) is 0 Å². The average molecular weight is 400 g/mol. The molecule has 2 aromatic carbocycles. The first kappa shape index (κ1) is 21.5. The molecule has 1 unspecified atom stereocenters. The molecule has 1 aliphatic heterocycles. The number of nitrogens with zero attached hydrogens (tertiary/aromatic N) is 1. The van der Waals surface area contributed by atoms with Crippen LogP contribution in [0, 0.1) is 5.82 Å². The highest BCUT2D eigenvalue weighted by Gasteiger charge is 2.41. The summed E-state index contributed by atoms with van der Waals surface area (Å²) < 4.78 is 25.2. The highest BCUT2D eigenvalue weighted by Crippen LogP contribution is 2.45. The van der Waals surface area contributed by atoms with Gasteiger partial charge in [0.15, 0.2) is 0 Å². The van der Waals surface area contributed by atoms with Crippen LogP contribution >= 0.6 is 0 Å². The molecular formula is C24H30FNO3. The fourth-order valence-corrected chi connectivity index (χ4v) is 3.86. The molecule has 0 fully saturated rings. The van der Waals surface area contributed by atoms with Crippen LogP contribution in [0.4, 0.5) is 4.39 Å². The number of benzene rings is 2. The predicted molar refractivity (Wildman–Crippen MR) is 111 cm³/mol. The quantitative estimate of drug-likeness (QED) is 0.444. The van der Waals surface area contributed by atoms with Crippen molar-refractivity contribution in [1.82, 2.24) is 4.90 Å². The number of hydrogen-bond donors (Lipinski definition) is 0. The first-order chi connectivity index (χ1) is 14.0. The normalized spacial score (nSPS) is 18.1. The third kappa shape index (κ3) is 4.85. The van der Waals surface area contributed by atoms with Gasteiger partial charge in [0.05, 0.1) is 18.8 Å². The summed E-state index contributed by atoms with van der Waals surface area (Å²) in [7, 11) is 4.09. The monoisotopic (exact) mass is 399 g/mol. The van der Waals surface area contributed by atoms with E-state index in [-0.39, 0.29) is 11.8 Å². The smallest absolute Gasteiger partial charge is 0.338 e. The summed E-state index contributed by atoms with van der Waals surface area (Å²) in [6, 6.07) is 12.2. The van der Waals surface area contributed by atoms with Crippen molar-refractivity contribution in [2.45, 2.75) is 44.8 Å². The molecule has 0 N–H and O–H groups in total. The zero-order chi connectivity index (χ0) is 20.9. The van der Waals surface area contributed by atoms with Gasteiger partial charge in [0.2, 0.25) is 0 Å². The van der Waals surface area contributed by atoms with Crippen LogP contribution in [0.3, 0.4) is 0 Å². The van der Waals surface area contributed by atoms with Crippen LogP contribution < -0.4 is 0 Å². The van der Waals surface area contributed by atoms with Crippen molar-refractivity contribution in [2.75, 3.05) is 27.2 Å². The highest BCUT2D eigenvalue weighted by molar-refractivity contribution is 5.89. The van der Waals surface area contributed by atoms with E-state index in [0.29, 0.717) is 18.8 Å². The van der Waals surface area contributed by atoms with E-state index < -0.39 is 5.60 Å². The second-order valence-electron chi connectivity index (χ2n) is 7.89. The molecule has 0 aromatic heterocycles. The van der Waals surface area contributed by atoms with Crippen LogP contribution in [0.15, 0.2) is 42.5 Å². The summed E-state index contributed by atoms with van der Waals surface area (Å²) in [6.45, 7) is 3.85. The molecule has 2 aromatic rings. The van der Waals surface area contributed by atoms with Gasteiger partial charge in [0.25, 0.3) is 0 Å². The van der Waals surface area contributed by atoms with E-state index in [4.69, 9.17) is 9.47 Å². The molecule has 1 heterocycles. The average Bonchev–Trinajstić information content (AvgIpc) is 3.07. The van der Waals surface area contributed by atoms with E-state index in [0.717, 1.165) is 48.9 Å². The van der Waals surface area contributed by atoms with E-state index in [1.807, 2.05) is 32.3 Å². The molecule has 0 aliphatic carbocycles. The van der Waals surface area contributed by atoms with E-state index >= 15 is 0 Å². The molecule has 1 aliphatic rings. The molecular weight excluding hydrogens is 369 g/mol. The van der Waals surface area contributed by atoms with Gasteiger partial charge in [-0.2, -0.15) is 0 Å². The van der Waals surface area contributed by atoms with Gasteiger partial charge in [-0.3, -0.25) is 0 Å². The molecule has 0 saturated heterocycles. The summed E-state index contributed by atoms with van der Waals surface area (Å²) in [5.41, 5.74) is 2.90. The van der Waals surface area contributed by atoms with Gasteiger partial charge in [-0.25, -0.2) is 9.18 Å². The Morgan fingerprint density at radius 3 is 2.62 bits per heavy atom. The molecule has 4 nitrogen and oxygen atoms in total. The molecule has 1 atom stereocenters. The van der Waals surface area contributed by atoms with Gasteiger partial charge in [-0.15, -0.1) is 0 Å². The maximum atomic E-state index is 13.5. The fraction of sp³-hybridized carbons (Fsp3) is 0.458. The summed E-state index contributed by atoms with van der Waals surface area (Å²) in [5, 5.41) is 0. The minimum atomic E-state index is -0.621. The molecule has 0 bridgehead atoms. The number of carbonyl (C=O) groups excluding carboxylic acids is 1. The number of halogens is 1. The molecule has 0 saturated carbocycles. The SMILES string of the molecule is CCCCOC(=O)c1ccc2c(c1)COC2(CCCN(C)C)c1ccc(F)cc1. The van der Waals surface area contributed by atoms with E-state index in [1.165, 1.54) is 12.1 Å². The summed E-state index contributed by atoms with van der Waals surface area (Å²) in [6.07, 6.45) is 3.56. The van der Waals surface area contributed by atoms with Gasteiger partial charge in [0.1, 0.15) is 11.4 Å². The number of hydrogen-bond acceptors (Lipinski definition) is 4. The number of esters is 1. The standard InChI is InChI=1S/C24H30FNO3/c1-4-5-15-28-23(27)18-7-12-22-19(16-18)17-29-24(22,13-6-14-26(2)3)20-8-10-21(25)11-9-20/h7-12,16H,4-6,13-15,17H2,1-3H3. The Morgan fingerprint density at radius 1 is 1.17 bits per heavy atom. The van der Waals surface area contributed by atoms with Gasteiger partial charge >= 0.3 is 5.97 Å². The molecule has 29 heavy (non-hydrogen) atoms. The summed E-state index contributed by atoms with van der Waals surface area (Å²) in [5.74, 6) is -0.561. The van der Waals surface area contributed by atoms with Crippen molar-refractivity contribution < 1.29 is 18.7 Å². The molecule has 0 radical (unpaired) electrons. The third-order valence-corrected chi connectivity index (χ3v) is 5.43. The summed E-state index contributed by atoms with van der Waals surface area (Å²) >= 11 is 0. The van der Waals surface area contributed by atoms with Crippen LogP contribution in [0.5, 0.6) is 0 Å². The molecule has 5 heteroatoms. The van der Waals surface area contributed by atoms with Crippen molar-refractivity contribution >= 4 is 5.97 Å². The Morgan fingerprint density at radius 2 is 1.93 bits per heavy atom. The van der Waals surface area contributed by atoms with Gasteiger partial charge < -0.3 is 14.4 Å². The van der Waals surface area contributed by atoms with Crippen molar-refractivity contribution in [3.05, 3.63) is 70.5 Å². The Balaban J connectivity index is 1.90. The van der Waals surface area contributed by atoms with Gasteiger partial charge in [-0.1, -0.05) is 31.5 Å². The van der Waals surface area contributed by atoms with E-state index in [9.17, 15) is 9.18 Å². The lowest BCUT2D eigenvalue weighted by molar-refractivity contribution is -0.0140. The van der Waals surface area contributed by atoms with E-state index in [1.54, 1.807) is 12.1 Å². The predicted octanol–water partition coefficient (Wildman–Crippen LogP) is 4.90. The molecule has 0 amide bonds. The van der Waals surface area contributed by atoms with Gasteiger partial charge in [-0.05, 0) is 80.9 Å². The largest absolute Gasteiger partial charge is 0.462 e. The van der Waals surface area contributed by atoms with Crippen LogP contribution in [0.2, 0.25) is 0 Å². The first-order valence-corrected chi connectivity index (χ1v) is 10.3. The zero-order valence-corrected chi connectivity index (χ0v) is 17.5. The molecule has 156 valence electrons. The van der Waals surface area contributed by atoms with Crippen LogP contribution in [-0.4, -0.2) is 38.1 Å². The van der Waals surface area contributed by atoms with Crippen molar-refractivity contribution in [2.24, 2.45) is 0 Å². The van der Waals surface area contributed by atoms with Crippen molar-refractivity contribution in [1.29, 1.82) is 0 Å². The van der Waals surface area contributed by atoms with Crippen LogP contribution in [-0.2, 0) is 21.7 Å². The van der Waals surface area contributed by atoms with Gasteiger partial charge in [0, 0.05) is 0 Å². The fourth-order valence-electron chi connectivity index (χ4n) is 3.86. The lowest BCUT2D eigenvalue weighted by Crippen LogP contribution is -2.28. The lowest BCUT2D eigenvalue weighted by atomic mass is 9.81.